The smallest absolute Gasteiger partial charge is 0.359 e. The van der Waals surface area contributed by atoms with Crippen molar-refractivity contribution in [3.05, 3.63) is 48.0 Å². The normalized spacial score (nSPS) is 13.3. The van der Waals surface area contributed by atoms with Gasteiger partial charge in [-0.25, -0.2) is 4.79 Å². The summed E-state index contributed by atoms with van der Waals surface area (Å²) in [6.07, 6.45) is 0. The molecule has 1 unspecified atom stereocenters. The van der Waals surface area contributed by atoms with Crippen molar-refractivity contribution in [1.82, 2.24) is 4.90 Å². The molecule has 1 atom stereocenters. The molecule has 0 aliphatic carbocycles. The molecule has 0 N–H and O–H groups in total. The fraction of sp³-hybridized carbons (Fsp3) is 0.368. The van der Waals surface area contributed by atoms with Crippen LogP contribution in [0.1, 0.15) is 31.1 Å². The summed E-state index contributed by atoms with van der Waals surface area (Å²) >= 11 is 0. The minimum atomic E-state index is -1.47. The van der Waals surface area contributed by atoms with E-state index >= 15 is 0 Å². The lowest BCUT2D eigenvalue weighted by atomic mass is 10.0. The van der Waals surface area contributed by atoms with Crippen LogP contribution in [0.4, 0.5) is 0 Å². The molecule has 0 saturated heterocycles. The first-order valence-corrected chi connectivity index (χ1v) is 8.02. The summed E-state index contributed by atoms with van der Waals surface area (Å²) in [4.78, 5) is 26.7. The highest BCUT2D eigenvalue weighted by atomic mass is 16.6. The minimum absolute atomic E-state index is 0.220. The first kappa shape index (κ1) is 17.9. The second kappa shape index (κ2) is 7.45. The number of likely N-dealkylation sites (N-methyl/N-ethyl adjacent to an activating group) is 1. The van der Waals surface area contributed by atoms with E-state index in [1.165, 1.54) is 4.90 Å². The first-order chi connectivity index (χ1) is 11.5. The molecule has 24 heavy (non-hydrogen) atoms. The maximum absolute atomic E-state index is 13.0. The van der Waals surface area contributed by atoms with Crippen molar-refractivity contribution < 1.29 is 19.1 Å². The van der Waals surface area contributed by atoms with Crippen molar-refractivity contribution in [3.63, 3.8) is 0 Å². The monoisotopic (exact) mass is 329 g/mol. The maximum atomic E-state index is 13.0. The van der Waals surface area contributed by atoms with E-state index in [1.807, 2.05) is 36.4 Å². The molecule has 2 aromatic carbocycles. The summed E-state index contributed by atoms with van der Waals surface area (Å²) in [6, 6.07) is 13.1. The molecule has 0 saturated carbocycles. The molecule has 128 valence electrons. The quantitative estimate of drug-likeness (QED) is 0.603. The molecule has 0 aromatic heterocycles. The van der Waals surface area contributed by atoms with E-state index in [1.54, 1.807) is 33.9 Å². The lowest BCUT2D eigenvalue weighted by molar-refractivity contribution is -0.188. The number of carbonyl (C=O) groups excluding carboxylic acids is 2. The van der Waals surface area contributed by atoms with Gasteiger partial charge in [0.2, 0.25) is 5.72 Å². The van der Waals surface area contributed by atoms with Crippen molar-refractivity contribution in [2.24, 2.45) is 0 Å². The van der Waals surface area contributed by atoms with Crippen molar-refractivity contribution in [1.29, 1.82) is 0 Å². The lowest BCUT2D eigenvalue weighted by Gasteiger charge is -2.36. The number of nitrogens with zero attached hydrogens (tertiary/aromatic N) is 1. The largest absolute Gasteiger partial charge is 0.462 e. The van der Waals surface area contributed by atoms with E-state index in [-0.39, 0.29) is 19.1 Å². The van der Waals surface area contributed by atoms with Crippen LogP contribution in [0.2, 0.25) is 0 Å². The molecule has 0 aliphatic heterocycles. The standard InChI is InChI=1S/C19H23NO4/c1-5-23-18(22)19(3,24-6-2)20(4)17(21)16-13-9-11-14-10-7-8-12-15(14)16/h7-13H,5-6H2,1-4H3. The molecule has 0 heterocycles. The van der Waals surface area contributed by atoms with Crippen LogP contribution in [0.5, 0.6) is 0 Å². The molecule has 0 fully saturated rings. The third-order valence-corrected chi connectivity index (χ3v) is 4.04. The van der Waals surface area contributed by atoms with Crippen LogP contribution < -0.4 is 0 Å². The second-order valence-corrected chi connectivity index (χ2v) is 5.53. The van der Waals surface area contributed by atoms with Crippen molar-refractivity contribution in [2.45, 2.75) is 26.5 Å². The predicted octanol–water partition coefficient (Wildman–Crippen LogP) is 3.23. The molecule has 0 bridgehead atoms. The van der Waals surface area contributed by atoms with Crippen molar-refractivity contribution in [3.8, 4) is 0 Å². The topological polar surface area (TPSA) is 55.8 Å². The molecular weight excluding hydrogens is 306 g/mol. The average molecular weight is 329 g/mol. The Morgan fingerprint density at radius 2 is 1.71 bits per heavy atom. The Bertz CT molecular complexity index is 738. The Labute approximate surface area is 142 Å². The van der Waals surface area contributed by atoms with Gasteiger partial charge in [0.15, 0.2) is 0 Å². The Hall–Kier alpha value is -2.40. The number of esters is 1. The van der Waals surface area contributed by atoms with Crippen LogP contribution in [-0.4, -0.2) is 42.8 Å². The highest BCUT2D eigenvalue weighted by Gasteiger charge is 2.43. The van der Waals surface area contributed by atoms with Gasteiger partial charge in [0.25, 0.3) is 5.91 Å². The fourth-order valence-electron chi connectivity index (χ4n) is 2.63. The van der Waals surface area contributed by atoms with Crippen LogP contribution in [0.25, 0.3) is 10.8 Å². The Morgan fingerprint density at radius 1 is 1.04 bits per heavy atom. The summed E-state index contributed by atoms with van der Waals surface area (Å²) in [5.41, 5.74) is -0.954. The number of ether oxygens (including phenoxy) is 2. The zero-order valence-corrected chi connectivity index (χ0v) is 14.5. The van der Waals surface area contributed by atoms with Gasteiger partial charge in [-0.1, -0.05) is 36.4 Å². The highest BCUT2D eigenvalue weighted by molar-refractivity contribution is 6.08. The van der Waals surface area contributed by atoms with E-state index < -0.39 is 11.7 Å². The third-order valence-electron chi connectivity index (χ3n) is 4.04. The van der Waals surface area contributed by atoms with Crippen molar-refractivity contribution >= 4 is 22.6 Å². The molecule has 2 aromatic rings. The molecule has 1 amide bonds. The Kier molecular flexibility index (Phi) is 5.57. The lowest BCUT2D eigenvalue weighted by Crippen LogP contribution is -2.55. The van der Waals surface area contributed by atoms with E-state index in [0.717, 1.165) is 10.8 Å². The number of hydrogen-bond acceptors (Lipinski definition) is 4. The highest BCUT2D eigenvalue weighted by Crippen LogP contribution is 2.24. The Balaban J connectivity index is 2.43. The van der Waals surface area contributed by atoms with E-state index in [2.05, 4.69) is 0 Å². The number of benzene rings is 2. The maximum Gasteiger partial charge on any atom is 0.359 e. The molecular formula is C19H23NO4. The van der Waals surface area contributed by atoms with Gasteiger partial charge in [0, 0.05) is 19.2 Å². The number of fused-ring (bicyclic) bond motifs is 1. The van der Waals surface area contributed by atoms with Crippen LogP contribution in [0, 0.1) is 0 Å². The zero-order valence-electron chi connectivity index (χ0n) is 14.5. The second-order valence-electron chi connectivity index (χ2n) is 5.53. The molecule has 0 spiro atoms. The van der Waals surface area contributed by atoms with Gasteiger partial charge in [0.05, 0.1) is 6.61 Å². The number of hydrogen-bond donors (Lipinski definition) is 0. The van der Waals surface area contributed by atoms with Crippen LogP contribution in [-0.2, 0) is 14.3 Å². The van der Waals surface area contributed by atoms with Gasteiger partial charge in [-0.05, 0) is 37.6 Å². The third kappa shape index (κ3) is 3.26. The van der Waals surface area contributed by atoms with Crippen LogP contribution >= 0.6 is 0 Å². The van der Waals surface area contributed by atoms with Gasteiger partial charge < -0.3 is 14.4 Å². The van der Waals surface area contributed by atoms with Gasteiger partial charge in [-0.15, -0.1) is 0 Å². The minimum Gasteiger partial charge on any atom is -0.462 e. The summed E-state index contributed by atoms with van der Waals surface area (Å²) in [5, 5.41) is 1.80. The summed E-state index contributed by atoms with van der Waals surface area (Å²) in [6.45, 7) is 5.54. The van der Waals surface area contributed by atoms with Gasteiger partial charge in [-0.2, -0.15) is 0 Å². The van der Waals surface area contributed by atoms with Crippen LogP contribution in [0.15, 0.2) is 42.5 Å². The SMILES string of the molecule is CCOC(=O)C(C)(OCC)N(C)C(=O)c1cccc2ccccc12. The number of amides is 1. The number of rotatable bonds is 6. The summed E-state index contributed by atoms with van der Waals surface area (Å²) in [5.74, 6) is -0.876. The number of carbonyl (C=O) groups is 2. The fourth-order valence-corrected chi connectivity index (χ4v) is 2.63. The van der Waals surface area contributed by atoms with E-state index in [0.29, 0.717) is 5.56 Å². The first-order valence-electron chi connectivity index (χ1n) is 8.02. The van der Waals surface area contributed by atoms with Gasteiger partial charge >= 0.3 is 5.97 Å². The zero-order chi connectivity index (χ0) is 17.7. The van der Waals surface area contributed by atoms with Gasteiger partial charge in [-0.3, -0.25) is 4.79 Å². The van der Waals surface area contributed by atoms with Gasteiger partial charge in [0.1, 0.15) is 0 Å². The van der Waals surface area contributed by atoms with E-state index in [9.17, 15) is 9.59 Å². The van der Waals surface area contributed by atoms with E-state index in [4.69, 9.17) is 9.47 Å². The molecule has 5 heteroatoms. The molecule has 2 rings (SSSR count). The summed E-state index contributed by atoms with van der Waals surface area (Å²) in [7, 11) is 1.55. The Morgan fingerprint density at radius 3 is 2.38 bits per heavy atom. The molecule has 0 aliphatic rings. The average Bonchev–Trinajstić information content (AvgIpc) is 2.60. The molecule has 5 nitrogen and oxygen atoms in total. The van der Waals surface area contributed by atoms with Crippen molar-refractivity contribution in [2.75, 3.05) is 20.3 Å². The van der Waals surface area contributed by atoms with Crippen LogP contribution in [0.3, 0.4) is 0 Å². The molecule has 0 radical (unpaired) electrons. The predicted molar refractivity (Wildman–Crippen MR) is 92.7 cm³/mol. The summed E-state index contributed by atoms with van der Waals surface area (Å²) < 4.78 is 10.7.